The van der Waals surface area contributed by atoms with Crippen LogP contribution in [0.15, 0.2) is 66.7 Å². The van der Waals surface area contributed by atoms with Crippen LogP contribution < -0.4 is 9.64 Å². The molecule has 0 unspecified atom stereocenters. The molecule has 0 spiro atoms. The Kier molecular flexibility index (Phi) is 10.8. The fourth-order valence-corrected chi connectivity index (χ4v) is 6.10. The number of para-hydroxylation sites is 1. The van der Waals surface area contributed by atoms with E-state index in [1.807, 2.05) is 42.7 Å². The number of rotatable bonds is 6. The van der Waals surface area contributed by atoms with Gasteiger partial charge in [-0.05, 0) is 50.6 Å². The van der Waals surface area contributed by atoms with Crippen molar-refractivity contribution in [2.75, 3.05) is 18.0 Å². The van der Waals surface area contributed by atoms with E-state index in [1.54, 1.807) is 0 Å². The van der Waals surface area contributed by atoms with Crippen LogP contribution in [0.1, 0.15) is 41.7 Å². The summed E-state index contributed by atoms with van der Waals surface area (Å²) in [5.41, 5.74) is 7.80. The molecule has 0 radical (unpaired) electrons. The van der Waals surface area contributed by atoms with Crippen molar-refractivity contribution in [1.82, 2.24) is 4.90 Å². The summed E-state index contributed by atoms with van der Waals surface area (Å²) in [4.78, 5) is 4.79. The van der Waals surface area contributed by atoms with Crippen LogP contribution in [-0.2, 0) is 20.1 Å². The summed E-state index contributed by atoms with van der Waals surface area (Å²) < 4.78 is 7.51. The molecule has 3 nitrogen and oxygen atoms in total. The Labute approximate surface area is 224 Å². The molecule has 0 aromatic heterocycles. The summed E-state index contributed by atoms with van der Waals surface area (Å²) >= 11 is -1.77. The van der Waals surface area contributed by atoms with E-state index in [9.17, 15) is 0 Å². The topological polar surface area (TPSA) is 15.7 Å². The van der Waals surface area contributed by atoms with E-state index in [-0.39, 0.29) is 6.10 Å². The fraction of sp³-hybridized carbons (Fsp3) is 0.310. The predicted molar refractivity (Wildman–Crippen MR) is 148 cm³/mol. The Bertz CT molecular complexity index is 1110. The molecule has 35 heavy (non-hydrogen) atoms. The van der Waals surface area contributed by atoms with Gasteiger partial charge < -0.3 is 9.80 Å². The maximum Gasteiger partial charge on any atom is 0.0141 e. The molecule has 6 heteroatoms. The Morgan fingerprint density at radius 1 is 0.943 bits per heavy atom. The molecule has 1 saturated heterocycles. The molecular weight excluding hydrogens is 564 g/mol. The van der Waals surface area contributed by atoms with Crippen LogP contribution in [0.3, 0.4) is 0 Å². The van der Waals surface area contributed by atoms with Crippen LogP contribution in [0.5, 0.6) is 5.75 Å². The minimum absolute atomic E-state index is 0.163. The minimum atomic E-state index is -1.77. The average Bonchev–Trinajstić information content (AvgIpc) is 3.23. The second kappa shape index (κ2) is 13.6. The maximum atomic E-state index is 5.82. The van der Waals surface area contributed by atoms with Crippen LogP contribution in [0, 0.1) is 27.4 Å². The predicted octanol–water partition coefficient (Wildman–Crippen LogP) is 7.60. The first-order valence-electron chi connectivity index (χ1n) is 11.8. The van der Waals surface area contributed by atoms with E-state index in [2.05, 4.69) is 79.7 Å². The molecule has 1 heterocycles. The number of benzene rings is 3. The van der Waals surface area contributed by atoms with E-state index in [4.69, 9.17) is 24.1 Å². The third kappa shape index (κ3) is 8.72. The van der Waals surface area contributed by atoms with Gasteiger partial charge in [-0.3, -0.25) is 0 Å². The zero-order chi connectivity index (χ0) is 25.4. The van der Waals surface area contributed by atoms with Crippen molar-refractivity contribution >= 4 is 29.7 Å². The van der Waals surface area contributed by atoms with Crippen LogP contribution in [0.25, 0.3) is 0 Å². The molecule has 1 aliphatic rings. The van der Waals surface area contributed by atoms with Crippen molar-refractivity contribution in [2.24, 2.45) is 0 Å². The van der Waals surface area contributed by atoms with Crippen molar-refractivity contribution in [3.63, 3.8) is 0 Å². The quantitative estimate of drug-likeness (QED) is 0.214. The monoisotopic (exact) mass is 599 g/mol. The summed E-state index contributed by atoms with van der Waals surface area (Å²) in [6.07, 6.45) is 0.163. The van der Waals surface area contributed by atoms with Gasteiger partial charge >= 0.3 is 97.8 Å². The molecule has 0 bridgehead atoms. The van der Waals surface area contributed by atoms with Crippen molar-refractivity contribution in [2.45, 2.75) is 47.3 Å². The van der Waals surface area contributed by atoms with Crippen molar-refractivity contribution in [3.8, 4) is 5.75 Å². The Morgan fingerprint density at radius 3 is 2.20 bits per heavy atom. The van der Waals surface area contributed by atoms with Gasteiger partial charge in [0.2, 0.25) is 0 Å². The number of hydrogen-bond acceptors (Lipinski definition) is 3. The summed E-state index contributed by atoms with van der Waals surface area (Å²) in [7, 11) is 11.6. The number of halogens is 2. The van der Waals surface area contributed by atoms with E-state index in [0.717, 1.165) is 30.9 Å². The van der Waals surface area contributed by atoms with E-state index < -0.39 is 13.5 Å². The largest absolute Gasteiger partial charge is 0.507 e. The second-order valence-electron chi connectivity index (χ2n) is 9.02. The number of nitrogens with zero attached hydrogens (tertiary/aromatic N) is 2. The van der Waals surface area contributed by atoms with Crippen molar-refractivity contribution < 1.29 is 18.3 Å². The average molecular weight is 600 g/mol. The van der Waals surface area contributed by atoms with Crippen LogP contribution >= 0.6 is 19.4 Å². The van der Waals surface area contributed by atoms with Gasteiger partial charge in [-0.1, -0.05) is 48.0 Å². The first kappa shape index (κ1) is 27.9. The molecule has 190 valence electrons. The SMILES string of the molecule is CC(C)Oc1ccccc1[CH]=[Ru]([Cl])[Cl].Cc1cc(C)c(N2[CH-]N(Cc3ccccc3)CC2)c(C)c1. The molecular formula is C29H35Cl2N2ORu-. The Hall–Kier alpha value is -1.71. The van der Waals surface area contributed by atoms with Gasteiger partial charge in [-0.15, -0.1) is 0 Å². The van der Waals surface area contributed by atoms with Crippen molar-refractivity contribution in [3.05, 3.63) is 101 Å². The summed E-state index contributed by atoms with van der Waals surface area (Å²) in [6, 6.07) is 23.0. The van der Waals surface area contributed by atoms with Crippen LogP contribution in [-0.4, -0.2) is 28.7 Å². The van der Waals surface area contributed by atoms with Crippen LogP contribution in [0.4, 0.5) is 5.69 Å². The molecule has 0 saturated carbocycles. The smallest absolute Gasteiger partial charge is 0.0141 e. The zero-order valence-electron chi connectivity index (χ0n) is 21.1. The minimum Gasteiger partial charge on any atom is -0.507 e. The van der Waals surface area contributed by atoms with Gasteiger partial charge in [0.05, 0.1) is 0 Å². The van der Waals surface area contributed by atoms with Gasteiger partial charge in [-0.2, -0.15) is 6.67 Å². The Balaban J connectivity index is 0.000000214. The summed E-state index contributed by atoms with van der Waals surface area (Å²) in [5.74, 6) is 0.850. The molecule has 3 aromatic rings. The van der Waals surface area contributed by atoms with Gasteiger partial charge in [0.15, 0.2) is 0 Å². The number of ether oxygens (including phenoxy) is 1. The van der Waals surface area contributed by atoms with Gasteiger partial charge in [0.1, 0.15) is 0 Å². The summed E-state index contributed by atoms with van der Waals surface area (Å²) in [6.45, 7) is 16.0. The molecule has 4 rings (SSSR count). The van der Waals surface area contributed by atoms with Gasteiger partial charge in [-0.25, -0.2) is 0 Å². The number of hydrogen-bond donors (Lipinski definition) is 0. The van der Waals surface area contributed by atoms with E-state index in [1.165, 1.54) is 27.9 Å². The molecule has 1 aliphatic heterocycles. The molecule has 0 N–H and O–H groups in total. The van der Waals surface area contributed by atoms with Gasteiger partial charge in [0.25, 0.3) is 0 Å². The molecule has 3 aromatic carbocycles. The zero-order valence-corrected chi connectivity index (χ0v) is 24.4. The molecule has 0 amide bonds. The first-order chi connectivity index (χ1) is 16.7. The third-order valence-corrected chi connectivity index (χ3v) is 7.38. The second-order valence-corrected chi connectivity index (χ2v) is 14.7. The normalized spacial score (nSPS) is 13.9. The maximum absolute atomic E-state index is 5.82. The van der Waals surface area contributed by atoms with E-state index >= 15 is 0 Å². The molecule has 0 aliphatic carbocycles. The molecule has 0 atom stereocenters. The number of aryl methyl sites for hydroxylation is 3. The third-order valence-electron chi connectivity index (χ3n) is 5.55. The summed E-state index contributed by atoms with van der Waals surface area (Å²) in [5, 5.41) is 0. The first-order valence-corrected chi connectivity index (χ1v) is 17.3. The van der Waals surface area contributed by atoms with Gasteiger partial charge in [0, 0.05) is 12.2 Å². The van der Waals surface area contributed by atoms with Crippen LogP contribution in [0.2, 0.25) is 0 Å². The Morgan fingerprint density at radius 2 is 1.57 bits per heavy atom. The van der Waals surface area contributed by atoms with E-state index in [0.29, 0.717) is 0 Å². The number of anilines is 1. The standard InChI is InChI=1S/C19H23N2.C10H12O.2ClH.Ru/c1-15-11-16(2)19(17(3)12-15)21-10-9-20(14-21)13-18-7-5-4-6-8-18;1-8(2)11-10-7-5-4-6-9(10)3;;;/h4-8,11-12,14H,9-10,13H2,1-3H3;3-8H,1-2H3;2*1H;/q-1;;;;+2/p-2. The fourth-order valence-electron chi connectivity index (χ4n) is 4.29. The van der Waals surface area contributed by atoms with Crippen molar-refractivity contribution in [1.29, 1.82) is 0 Å². The molecule has 1 fully saturated rings.